The Kier molecular flexibility index (Phi) is 4.96. The first kappa shape index (κ1) is 18.3. The Labute approximate surface area is 156 Å². The van der Waals surface area contributed by atoms with E-state index in [1.807, 2.05) is 39.8 Å². The van der Waals surface area contributed by atoms with Crippen molar-refractivity contribution in [1.82, 2.24) is 4.98 Å². The summed E-state index contributed by atoms with van der Waals surface area (Å²) < 4.78 is 5.76. The number of ketones is 1. The first-order valence-electron chi connectivity index (χ1n) is 8.53. The van der Waals surface area contributed by atoms with Gasteiger partial charge in [0.15, 0.2) is 11.4 Å². The maximum absolute atomic E-state index is 12.2. The van der Waals surface area contributed by atoms with Crippen LogP contribution in [0, 0.1) is 6.92 Å². The first-order chi connectivity index (χ1) is 12.2. The predicted octanol–water partition coefficient (Wildman–Crippen LogP) is 5.10. The van der Waals surface area contributed by atoms with Crippen molar-refractivity contribution in [1.29, 1.82) is 0 Å². The third-order valence-electron chi connectivity index (χ3n) is 3.91. The van der Waals surface area contributed by atoms with E-state index in [4.69, 9.17) is 4.42 Å². The van der Waals surface area contributed by atoms with Crippen molar-refractivity contribution in [2.75, 3.05) is 5.32 Å². The SMILES string of the molecule is Cc1ccc(C(=O)CCC(=O)Nc2ccc3oc(C(C)(C)C)nc3c2)s1. The molecule has 0 radical (unpaired) electrons. The molecule has 26 heavy (non-hydrogen) atoms. The molecule has 0 saturated carbocycles. The van der Waals surface area contributed by atoms with E-state index in [1.165, 1.54) is 11.3 Å². The average molecular weight is 370 g/mol. The first-order valence-corrected chi connectivity index (χ1v) is 9.34. The van der Waals surface area contributed by atoms with Crippen LogP contribution in [0.4, 0.5) is 5.69 Å². The number of hydrogen-bond donors (Lipinski definition) is 1. The molecule has 2 aromatic heterocycles. The highest BCUT2D eigenvalue weighted by molar-refractivity contribution is 7.14. The largest absolute Gasteiger partial charge is 0.440 e. The molecule has 0 bridgehead atoms. The van der Waals surface area contributed by atoms with Gasteiger partial charge < -0.3 is 9.73 Å². The molecule has 1 amide bonds. The van der Waals surface area contributed by atoms with Crippen molar-refractivity contribution in [3.05, 3.63) is 46.0 Å². The molecular formula is C20H22N2O3S. The van der Waals surface area contributed by atoms with Gasteiger partial charge in [-0.3, -0.25) is 9.59 Å². The minimum absolute atomic E-state index is 0.0000207. The van der Waals surface area contributed by atoms with Crippen molar-refractivity contribution >= 4 is 39.8 Å². The van der Waals surface area contributed by atoms with E-state index < -0.39 is 0 Å². The van der Waals surface area contributed by atoms with E-state index in [0.29, 0.717) is 27.6 Å². The lowest BCUT2D eigenvalue weighted by Crippen LogP contribution is -2.13. The van der Waals surface area contributed by atoms with Crippen molar-refractivity contribution in [3.63, 3.8) is 0 Å². The van der Waals surface area contributed by atoms with E-state index in [1.54, 1.807) is 18.2 Å². The Morgan fingerprint density at radius 3 is 2.58 bits per heavy atom. The van der Waals surface area contributed by atoms with Gasteiger partial charge in [-0.1, -0.05) is 20.8 Å². The van der Waals surface area contributed by atoms with Crippen LogP contribution >= 0.6 is 11.3 Å². The number of benzene rings is 1. The van der Waals surface area contributed by atoms with Gasteiger partial charge in [0, 0.05) is 28.8 Å². The number of Topliss-reactive ketones (excluding diaryl/α,β-unsaturated/α-hetero) is 1. The van der Waals surface area contributed by atoms with Gasteiger partial charge in [-0.2, -0.15) is 0 Å². The molecule has 0 unspecified atom stereocenters. The number of thiophene rings is 1. The highest BCUT2D eigenvalue weighted by Gasteiger charge is 2.21. The summed E-state index contributed by atoms with van der Waals surface area (Å²) in [6.07, 6.45) is 0.353. The number of oxazole rings is 1. The van der Waals surface area contributed by atoms with Gasteiger partial charge in [0.25, 0.3) is 0 Å². The lowest BCUT2D eigenvalue weighted by molar-refractivity contribution is -0.116. The van der Waals surface area contributed by atoms with Crippen molar-refractivity contribution in [2.24, 2.45) is 0 Å². The minimum Gasteiger partial charge on any atom is -0.440 e. The summed E-state index contributed by atoms with van der Waals surface area (Å²) in [5, 5.41) is 2.82. The molecule has 2 heterocycles. The number of aryl methyl sites for hydroxylation is 1. The number of carbonyl (C=O) groups excluding carboxylic acids is 2. The summed E-state index contributed by atoms with van der Waals surface area (Å²) in [5.74, 6) is 0.471. The lowest BCUT2D eigenvalue weighted by atomic mass is 9.97. The molecule has 1 N–H and O–H groups in total. The van der Waals surface area contributed by atoms with Gasteiger partial charge in [0.05, 0.1) is 4.88 Å². The van der Waals surface area contributed by atoms with E-state index in [9.17, 15) is 9.59 Å². The summed E-state index contributed by atoms with van der Waals surface area (Å²) >= 11 is 1.46. The van der Waals surface area contributed by atoms with Gasteiger partial charge in [-0.15, -0.1) is 11.3 Å². The van der Waals surface area contributed by atoms with Gasteiger partial charge in [0.2, 0.25) is 11.8 Å². The number of rotatable bonds is 5. The molecule has 5 nitrogen and oxygen atoms in total. The zero-order valence-corrected chi connectivity index (χ0v) is 16.2. The second-order valence-corrected chi connectivity index (χ2v) is 8.62. The van der Waals surface area contributed by atoms with E-state index in [-0.39, 0.29) is 29.9 Å². The molecule has 0 fully saturated rings. The van der Waals surface area contributed by atoms with Crippen molar-refractivity contribution in [2.45, 2.75) is 46.0 Å². The normalized spacial score (nSPS) is 11.7. The average Bonchev–Trinajstić information content (AvgIpc) is 3.18. The molecule has 0 aliphatic rings. The number of fused-ring (bicyclic) bond motifs is 1. The monoisotopic (exact) mass is 370 g/mol. The molecule has 0 spiro atoms. The summed E-state index contributed by atoms with van der Waals surface area (Å²) in [7, 11) is 0. The smallest absolute Gasteiger partial charge is 0.224 e. The van der Waals surface area contributed by atoms with Crippen LogP contribution in [0.5, 0.6) is 0 Å². The summed E-state index contributed by atoms with van der Waals surface area (Å²) in [4.78, 5) is 30.5. The van der Waals surface area contributed by atoms with Crippen molar-refractivity contribution < 1.29 is 14.0 Å². The molecule has 0 saturated heterocycles. The number of amides is 1. The Balaban J connectivity index is 1.62. The maximum Gasteiger partial charge on any atom is 0.224 e. The predicted molar refractivity (Wildman–Crippen MR) is 104 cm³/mol. The summed E-state index contributed by atoms with van der Waals surface area (Å²) in [6, 6.07) is 9.09. The van der Waals surface area contributed by atoms with Gasteiger partial charge in [0.1, 0.15) is 5.52 Å². The van der Waals surface area contributed by atoms with Crippen LogP contribution in [0.3, 0.4) is 0 Å². The van der Waals surface area contributed by atoms with Crippen LogP contribution in [0.2, 0.25) is 0 Å². The Morgan fingerprint density at radius 1 is 1.15 bits per heavy atom. The minimum atomic E-state index is -0.189. The zero-order valence-electron chi connectivity index (χ0n) is 15.4. The van der Waals surface area contributed by atoms with E-state index >= 15 is 0 Å². The fraction of sp³-hybridized carbons (Fsp3) is 0.350. The molecule has 136 valence electrons. The molecule has 0 aliphatic carbocycles. The highest BCUT2D eigenvalue weighted by atomic mass is 32.1. The second kappa shape index (κ2) is 7.03. The standard InChI is InChI=1S/C20H22N2O3S/c1-12-5-9-17(26-12)15(23)7-10-18(24)21-13-6-8-16-14(11-13)22-19(25-16)20(2,3)4/h5-6,8-9,11H,7,10H2,1-4H3,(H,21,24). The van der Waals surface area contributed by atoms with Crippen LogP contribution in [-0.4, -0.2) is 16.7 Å². The van der Waals surface area contributed by atoms with Crippen LogP contribution in [0.25, 0.3) is 11.1 Å². The summed E-state index contributed by atoms with van der Waals surface area (Å²) in [6.45, 7) is 8.06. The van der Waals surface area contributed by atoms with E-state index in [0.717, 1.165) is 4.88 Å². The molecule has 3 rings (SSSR count). The molecule has 3 aromatic rings. The van der Waals surface area contributed by atoms with Crippen molar-refractivity contribution in [3.8, 4) is 0 Å². The third kappa shape index (κ3) is 4.19. The fourth-order valence-corrected chi connectivity index (χ4v) is 3.32. The topological polar surface area (TPSA) is 72.2 Å². The Hall–Kier alpha value is -2.47. The Bertz CT molecular complexity index is 963. The quantitative estimate of drug-likeness (QED) is 0.635. The maximum atomic E-state index is 12.2. The zero-order chi connectivity index (χ0) is 18.9. The van der Waals surface area contributed by atoms with Crippen LogP contribution in [0.1, 0.15) is 54.1 Å². The molecule has 0 aliphatic heterocycles. The number of anilines is 1. The third-order valence-corrected chi connectivity index (χ3v) is 4.95. The van der Waals surface area contributed by atoms with Gasteiger partial charge in [-0.05, 0) is 37.3 Å². The van der Waals surface area contributed by atoms with Crippen LogP contribution in [-0.2, 0) is 10.2 Å². The molecule has 6 heteroatoms. The second-order valence-electron chi connectivity index (χ2n) is 7.33. The fourth-order valence-electron chi connectivity index (χ4n) is 2.48. The highest BCUT2D eigenvalue weighted by Crippen LogP contribution is 2.27. The van der Waals surface area contributed by atoms with Gasteiger partial charge in [-0.25, -0.2) is 4.98 Å². The number of carbonyl (C=O) groups is 2. The number of aromatic nitrogens is 1. The van der Waals surface area contributed by atoms with Crippen LogP contribution < -0.4 is 5.32 Å². The summed E-state index contributed by atoms with van der Waals surface area (Å²) in [5.41, 5.74) is 1.87. The van der Waals surface area contributed by atoms with Crippen LogP contribution in [0.15, 0.2) is 34.7 Å². The lowest BCUT2D eigenvalue weighted by Gasteiger charge is -2.11. The molecular weight excluding hydrogens is 348 g/mol. The number of nitrogens with one attached hydrogen (secondary N) is 1. The molecule has 0 atom stereocenters. The Morgan fingerprint density at radius 2 is 1.92 bits per heavy atom. The van der Waals surface area contributed by atoms with Gasteiger partial charge >= 0.3 is 0 Å². The number of hydrogen-bond acceptors (Lipinski definition) is 5. The molecule has 1 aromatic carbocycles. The van der Waals surface area contributed by atoms with E-state index in [2.05, 4.69) is 10.3 Å². The number of nitrogens with zero attached hydrogens (tertiary/aromatic N) is 1.